The maximum Gasteiger partial charge on any atom is 0.343 e. The second-order valence-electron chi connectivity index (χ2n) is 3.75. The third-order valence-corrected chi connectivity index (χ3v) is 2.42. The van der Waals surface area contributed by atoms with Gasteiger partial charge in [0, 0.05) is 11.7 Å². The number of carbonyl (C=O) groups excluding carboxylic acids is 1. The van der Waals surface area contributed by atoms with Crippen molar-refractivity contribution in [3.8, 4) is 0 Å². The molecule has 1 aromatic rings. The second kappa shape index (κ2) is 5.53. The molecule has 1 aromatic heterocycles. The van der Waals surface area contributed by atoms with E-state index in [1.54, 1.807) is 13.8 Å². The molecule has 0 radical (unpaired) electrons. The fourth-order valence-electron chi connectivity index (χ4n) is 1.32. The zero-order chi connectivity index (χ0) is 12.1. The average Bonchev–Trinajstić information content (AvgIpc) is 2.60. The van der Waals surface area contributed by atoms with Crippen molar-refractivity contribution in [2.75, 3.05) is 11.9 Å². The lowest BCUT2D eigenvalue weighted by Crippen LogP contribution is -2.17. The first-order valence-electron chi connectivity index (χ1n) is 5.58. The highest BCUT2D eigenvalue weighted by molar-refractivity contribution is 5.95. The summed E-state index contributed by atoms with van der Waals surface area (Å²) in [6.07, 6.45) is 0.966. The van der Waals surface area contributed by atoms with Gasteiger partial charge in [-0.2, -0.15) is 5.10 Å². The molecule has 5 heteroatoms. The molecule has 16 heavy (non-hydrogen) atoms. The molecule has 0 saturated carbocycles. The molecule has 2 N–H and O–H groups in total. The van der Waals surface area contributed by atoms with Crippen LogP contribution in [0.5, 0.6) is 0 Å². The molecule has 5 nitrogen and oxygen atoms in total. The lowest BCUT2D eigenvalue weighted by molar-refractivity contribution is 0.0526. The molecule has 1 heterocycles. The number of H-pyrrole nitrogens is 1. The van der Waals surface area contributed by atoms with E-state index < -0.39 is 0 Å². The number of nitrogens with zero attached hydrogens (tertiary/aromatic N) is 1. The molecule has 0 aliphatic rings. The standard InChI is InChI=1S/C11H19N3O2/c1-5-7(3)12-10-9(8(4)13-14-10)11(15)16-6-2/h7H,5-6H2,1-4H3,(H2,12,13,14). The van der Waals surface area contributed by atoms with Crippen LogP contribution in [-0.2, 0) is 4.74 Å². The van der Waals surface area contributed by atoms with Crippen LogP contribution in [0, 0.1) is 6.92 Å². The van der Waals surface area contributed by atoms with Gasteiger partial charge < -0.3 is 10.1 Å². The fraction of sp³-hybridized carbons (Fsp3) is 0.636. The summed E-state index contributed by atoms with van der Waals surface area (Å²) in [5.74, 6) is 0.241. The molecule has 1 rings (SSSR count). The van der Waals surface area contributed by atoms with Crippen LogP contribution in [0.2, 0.25) is 0 Å². The second-order valence-corrected chi connectivity index (χ2v) is 3.75. The molecule has 0 aliphatic carbocycles. The lowest BCUT2D eigenvalue weighted by Gasteiger charge is -2.11. The Hall–Kier alpha value is -1.52. The number of ether oxygens (including phenoxy) is 1. The van der Waals surface area contributed by atoms with Gasteiger partial charge in [0.05, 0.1) is 6.61 Å². The molecule has 1 atom stereocenters. The zero-order valence-corrected chi connectivity index (χ0v) is 10.3. The average molecular weight is 225 g/mol. The van der Waals surface area contributed by atoms with Gasteiger partial charge in [-0.05, 0) is 27.2 Å². The van der Waals surface area contributed by atoms with Crippen molar-refractivity contribution < 1.29 is 9.53 Å². The molecule has 0 aromatic carbocycles. The highest BCUT2D eigenvalue weighted by Gasteiger charge is 2.19. The van der Waals surface area contributed by atoms with Crippen LogP contribution in [0.25, 0.3) is 0 Å². The van der Waals surface area contributed by atoms with E-state index in [9.17, 15) is 4.79 Å². The lowest BCUT2D eigenvalue weighted by atomic mass is 10.2. The van der Waals surface area contributed by atoms with Crippen LogP contribution >= 0.6 is 0 Å². The van der Waals surface area contributed by atoms with Crippen molar-refractivity contribution in [1.29, 1.82) is 0 Å². The summed E-state index contributed by atoms with van der Waals surface area (Å²) >= 11 is 0. The van der Waals surface area contributed by atoms with Crippen LogP contribution in [-0.4, -0.2) is 28.8 Å². The number of carbonyl (C=O) groups is 1. The van der Waals surface area contributed by atoms with Gasteiger partial charge in [0.2, 0.25) is 0 Å². The summed E-state index contributed by atoms with van der Waals surface area (Å²) in [5.41, 5.74) is 1.23. The molecule has 0 aliphatic heterocycles. The third-order valence-electron chi connectivity index (χ3n) is 2.42. The zero-order valence-electron chi connectivity index (χ0n) is 10.3. The monoisotopic (exact) mass is 225 g/mol. The van der Waals surface area contributed by atoms with Crippen LogP contribution < -0.4 is 5.32 Å². The fourth-order valence-corrected chi connectivity index (χ4v) is 1.32. The molecule has 0 bridgehead atoms. The van der Waals surface area contributed by atoms with Gasteiger partial charge in [0.1, 0.15) is 5.56 Å². The Morgan fingerprint density at radius 1 is 1.56 bits per heavy atom. The Bertz CT molecular complexity index is 360. The van der Waals surface area contributed by atoms with Gasteiger partial charge in [0.15, 0.2) is 5.82 Å². The smallest absolute Gasteiger partial charge is 0.343 e. The molecule has 1 unspecified atom stereocenters. The van der Waals surface area contributed by atoms with E-state index in [0.29, 0.717) is 18.0 Å². The van der Waals surface area contributed by atoms with Crippen molar-refractivity contribution in [2.24, 2.45) is 0 Å². The largest absolute Gasteiger partial charge is 0.462 e. The Morgan fingerprint density at radius 2 is 2.25 bits per heavy atom. The summed E-state index contributed by atoms with van der Waals surface area (Å²) in [6.45, 7) is 8.07. The number of aromatic nitrogens is 2. The highest BCUT2D eigenvalue weighted by Crippen LogP contribution is 2.18. The topological polar surface area (TPSA) is 67.0 Å². The third kappa shape index (κ3) is 2.74. The maximum absolute atomic E-state index is 11.7. The highest BCUT2D eigenvalue weighted by atomic mass is 16.5. The number of rotatable bonds is 5. The predicted octanol–water partition coefficient (Wildman–Crippen LogP) is 2.11. The summed E-state index contributed by atoms with van der Waals surface area (Å²) in [5, 5.41) is 10.0. The maximum atomic E-state index is 11.7. The van der Waals surface area contributed by atoms with E-state index in [-0.39, 0.29) is 12.0 Å². The van der Waals surface area contributed by atoms with E-state index in [0.717, 1.165) is 12.1 Å². The van der Waals surface area contributed by atoms with Gasteiger partial charge in [-0.3, -0.25) is 5.10 Å². The van der Waals surface area contributed by atoms with Crippen LogP contribution in [0.3, 0.4) is 0 Å². The Labute approximate surface area is 95.6 Å². The van der Waals surface area contributed by atoms with E-state index in [1.165, 1.54) is 0 Å². The Morgan fingerprint density at radius 3 is 2.81 bits per heavy atom. The molecule has 0 saturated heterocycles. The first kappa shape index (κ1) is 12.5. The molecule has 0 spiro atoms. The number of aryl methyl sites for hydroxylation is 1. The van der Waals surface area contributed by atoms with Crippen LogP contribution in [0.4, 0.5) is 5.82 Å². The quantitative estimate of drug-likeness (QED) is 0.753. The molecular weight excluding hydrogens is 206 g/mol. The van der Waals surface area contributed by atoms with Crippen LogP contribution in [0.15, 0.2) is 0 Å². The summed E-state index contributed by atoms with van der Waals surface area (Å²) in [6, 6.07) is 0.274. The first-order valence-corrected chi connectivity index (χ1v) is 5.58. The number of hydrogen-bond acceptors (Lipinski definition) is 4. The minimum Gasteiger partial charge on any atom is -0.462 e. The van der Waals surface area contributed by atoms with E-state index in [2.05, 4.69) is 22.4 Å². The van der Waals surface area contributed by atoms with Crippen molar-refractivity contribution >= 4 is 11.8 Å². The van der Waals surface area contributed by atoms with Crippen molar-refractivity contribution in [1.82, 2.24) is 10.2 Å². The minimum atomic E-state index is -0.334. The molecule has 0 fully saturated rings. The van der Waals surface area contributed by atoms with Gasteiger partial charge >= 0.3 is 5.97 Å². The number of hydrogen-bond donors (Lipinski definition) is 2. The van der Waals surface area contributed by atoms with Crippen molar-refractivity contribution in [3.63, 3.8) is 0 Å². The summed E-state index contributed by atoms with van der Waals surface area (Å²) in [4.78, 5) is 11.7. The number of aromatic amines is 1. The van der Waals surface area contributed by atoms with E-state index >= 15 is 0 Å². The molecule has 90 valence electrons. The van der Waals surface area contributed by atoms with Gasteiger partial charge in [-0.15, -0.1) is 0 Å². The SMILES string of the molecule is CCOC(=O)c1c(NC(C)CC)n[nH]c1C. The minimum absolute atomic E-state index is 0.274. The van der Waals surface area contributed by atoms with Crippen LogP contribution in [0.1, 0.15) is 43.2 Å². The Balaban J connectivity index is 2.89. The van der Waals surface area contributed by atoms with E-state index in [1.807, 2.05) is 6.92 Å². The van der Waals surface area contributed by atoms with Gasteiger partial charge in [0.25, 0.3) is 0 Å². The number of nitrogens with one attached hydrogen (secondary N) is 2. The molecular formula is C11H19N3O2. The summed E-state index contributed by atoms with van der Waals surface area (Å²) < 4.78 is 4.98. The van der Waals surface area contributed by atoms with Crippen molar-refractivity contribution in [2.45, 2.75) is 40.2 Å². The van der Waals surface area contributed by atoms with Crippen molar-refractivity contribution in [3.05, 3.63) is 11.3 Å². The predicted molar refractivity (Wildman–Crippen MR) is 62.7 cm³/mol. The van der Waals surface area contributed by atoms with E-state index in [4.69, 9.17) is 4.74 Å². The first-order chi connectivity index (χ1) is 7.60. The summed E-state index contributed by atoms with van der Waals surface area (Å²) in [7, 11) is 0. The normalized spacial score (nSPS) is 12.2. The number of anilines is 1. The number of esters is 1. The Kier molecular flexibility index (Phi) is 4.34. The van der Waals surface area contributed by atoms with Gasteiger partial charge in [-0.1, -0.05) is 6.92 Å². The van der Waals surface area contributed by atoms with Gasteiger partial charge in [-0.25, -0.2) is 4.79 Å². The molecule has 0 amide bonds.